The fourth-order valence-corrected chi connectivity index (χ4v) is 1.42. The Kier molecular flexibility index (Phi) is 2.12. The van der Waals surface area contributed by atoms with Crippen molar-refractivity contribution < 1.29 is 13.6 Å². The highest BCUT2D eigenvalue weighted by Crippen LogP contribution is 2.17. The van der Waals surface area contributed by atoms with Gasteiger partial charge in [-0.1, -0.05) is 0 Å². The summed E-state index contributed by atoms with van der Waals surface area (Å²) in [4.78, 5) is 22.7. The van der Waals surface area contributed by atoms with Crippen LogP contribution in [-0.2, 0) is 0 Å². The van der Waals surface area contributed by atoms with E-state index in [4.69, 9.17) is 15.9 Å². The van der Waals surface area contributed by atoms with Crippen molar-refractivity contribution in [2.24, 2.45) is 5.73 Å². The number of nitrogens with two attached hydrogens (primary N) is 2. The molecule has 82 valence electrons. The van der Waals surface area contributed by atoms with E-state index in [-0.39, 0.29) is 16.9 Å². The number of nitrogen functional groups attached to an aromatic ring is 1. The lowest BCUT2D eigenvalue weighted by Crippen LogP contribution is -2.23. The molecule has 0 saturated heterocycles. The van der Waals surface area contributed by atoms with Gasteiger partial charge < -0.3 is 15.9 Å². The maximum atomic E-state index is 12.9. The first kappa shape index (κ1) is 10.2. The van der Waals surface area contributed by atoms with Gasteiger partial charge in [0.15, 0.2) is 0 Å². The van der Waals surface area contributed by atoms with Crippen molar-refractivity contribution in [3.63, 3.8) is 0 Å². The van der Waals surface area contributed by atoms with E-state index in [9.17, 15) is 14.0 Å². The van der Waals surface area contributed by atoms with Gasteiger partial charge in [0.1, 0.15) is 17.0 Å². The fraction of sp³-hybridized carbons (Fsp3) is 0. The third kappa shape index (κ3) is 1.40. The molecule has 2 rings (SSSR count). The summed E-state index contributed by atoms with van der Waals surface area (Å²) in [6.07, 6.45) is 0. The predicted molar refractivity (Wildman–Crippen MR) is 55.4 cm³/mol. The summed E-state index contributed by atoms with van der Waals surface area (Å²) in [5, 5.41) is -0.0667. The molecule has 1 amide bonds. The lowest BCUT2D eigenvalue weighted by atomic mass is 10.1. The molecule has 0 fully saturated rings. The van der Waals surface area contributed by atoms with Crippen LogP contribution in [0.5, 0.6) is 0 Å². The van der Waals surface area contributed by atoms with E-state index in [0.717, 1.165) is 12.1 Å². The number of carbonyl (C=O) groups excluding carboxylic acids is 1. The molecule has 6 heteroatoms. The van der Waals surface area contributed by atoms with E-state index in [1.807, 2.05) is 0 Å². The van der Waals surface area contributed by atoms with Crippen LogP contribution in [-0.4, -0.2) is 5.91 Å². The average molecular weight is 222 g/mol. The summed E-state index contributed by atoms with van der Waals surface area (Å²) in [5.74, 6) is -1.98. The standard InChI is InChI=1S/C10H7FN2O3/c11-4-1-2-6-5(3-4)8(14)7(9(12)15)10(13)16-6/h1-3H,13H2,(H2,12,15). The zero-order chi connectivity index (χ0) is 11.9. The van der Waals surface area contributed by atoms with Gasteiger partial charge >= 0.3 is 0 Å². The first-order chi connectivity index (χ1) is 7.50. The minimum absolute atomic E-state index is 0.0667. The quantitative estimate of drug-likeness (QED) is 0.738. The van der Waals surface area contributed by atoms with Crippen LogP contribution in [0.25, 0.3) is 11.0 Å². The van der Waals surface area contributed by atoms with E-state index in [2.05, 4.69) is 0 Å². The summed E-state index contributed by atoms with van der Waals surface area (Å²) in [7, 11) is 0. The Morgan fingerprint density at radius 2 is 2.06 bits per heavy atom. The number of anilines is 1. The smallest absolute Gasteiger partial charge is 0.258 e. The zero-order valence-corrected chi connectivity index (χ0v) is 7.99. The van der Waals surface area contributed by atoms with E-state index < -0.39 is 22.7 Å². The van der Waals surface area contributed by atoms with Crippen molar-refractivity contribution in [2.45, 2.75) is 0 Å². The molecule has 1 aromatic heterocycles. The Balaban J connectivity index is 2.96. The van der Waals surface area contributed by atoms with Crippen LogP contribution in [0.4, 0.5) is 10.3 Å². The number of benzene rings is 1. The largest absolute Gasteiger partial charge is 0.440 e. The molecule has 0 saturated carbocycles. The molecule has 1 heterocycles. The first-order valence-corrected chi connectivity index (χ1v) is 4.32. The molecule has 0 radical (unpaired) electrons. The predicted octanol–water partition coefficient (Wildman–Crippen LogP) is 0.613. The van der Waals surface area contributed by atoms with Crippen LogP contribution in [0, 0.1) is 5.82 Å². The maximum absolute atomic E-state index is 12.9. The van der Waals surface area contributed by atoms with Crippen LogP contribution in [0.15, 0.2) is 27.4 Å². The average Bonchev–Trinajstić information content (AvgIpc) is 2.19. The minimum Gasteiger partial charge on any atom is -0.440 e. The van der Waals surface area contributed by atoms with Crippen molar-refractivity contribution >= 4 is 22.8 Å². The van der Waals surface area contributed by atoms with E-state index in [1.54, 1.807) is 0 Å². The van der Waals surface area contributed by atoms with Gasteiger partial charge in [-0.05, 0) is 18.2 Å². The monoisotopic (exact) mass is 222 g/mol. The van der Waals surface area contributed by atoms with Gasteiger partial charge in [0.25, 0.3) is 5.91 Å². The van der Waals surface area contributed by atoms with Gasteiger partial charge in [-0.3, -0.25) is 9.59 Å². The van der Waals surface area contributed by atoms with Gasteiger partial charge in [0, 0.05) is 0 Å². The third-order valence-corrected chi connectivity index (χ3v) is 2.13. The molecule has 0 aliphatic rings. The SMILES string of the molecule is NC(=O)c1c(N)oc2ccc(F)cc2c1=O. The highest BCUT2D eigenvalue weighted by atomic mass is 19.1. The van der Waals surface area contributed by atoms with Crippen molar-refractivity contribution in [1.82, 2.24) is 0 Å². The normalized spacial score (nSPS) is 10.6. The second-order valence-electron chi connectivity index (χ2n) is 3.18. The van der Waals surface area contributed by atoms with Gasteiger partial charge in [-0.25, -0.2) is 4.39 Å². The first-order valence-electron chi connectivity index (χ1n) is 4.32. The molecule has 5 nitrogen and oxygen atoms in total. The van der Waals surface area contributed by atoms with Crippen LogP contribution in [0.2, 0.25) is 0 Å². The minimum atomic E-state index is -1.00. The zero-order valence-electron chi connectivity index (χ0n) is 7.99. The number of halogens is 1. The Labute approximate surface area is 88.5 Å². The second-order valence-corrected chi connectivity index (χ2v) is 3.18. The Morgan fingerprint density at radius 1 is 1.38 bits per heavy atom. The lowest BCUT2D eigenvalue weighted by molar-refractivity contribution is 0.0999. The highest BCUT2D eigenvalue weighted by Gasteiger charge is 2.16. The Bertz CT molecular complexity index is 648. The molecule has 0 bridgehead atoms. The molecule has 4 N–H and O–H groups in total. The van der Waals surface area contributed by atoms with Crippen LogP contribution in [0.3, 0.4) is 0 Å². The maximum Gasteiger partial charge on any atom is 0.258 e. The summed E-state index contributed by atoms with van der Waals surface area (Å²) < 4.78 is 17.9. The number of hydrogen-bond donors (Lipinski definition) is 2. The number of amides is 1. The van der Waals surface area contributed by atoms with Gasteiger partial charge in [-0.2, -0.15) is 0 Å². The van der Waals surface area contributed by atoms with E-state index in [0.29, 0.717) is 0 Å². The number of primary amides is 1. The summed E-state index contributed by atoms with van der Waals surface area (Å²) >= 11 is 0. The Morgan fingerprint density at radius 3 is 2.69 bits per heavy atom. The third-order valence-electron chi connectivity index (χ3n) is 2.13. The van der Waals surface area contributed by atoms with Gasteiger partial charge in [0.05, 0.1) is 5.39 Å². The van der Waals surface area contributed by atoms with Crippen molar-refractivity contribution in [3.8, 4) is 0 Å². The summed E-state index contributed by atoms with van der Waals surface area (Å²) in [5.41, 5.74) is 9.25. The molecule has 16 heavy (non-hydrogen) atoms. The number of carbonyl (C=O) groups is 1. The molecule has 1 aromatic carbocycles. The topological polar surface area (TPSA) is 99.3 Å². The summed E-state index contributed by atoms with van der Waals surface area (Å²) in [6.45, 7) is 0. The molecule has 0 aliphatic carbocycles. The molecular weight excluding hydrogens is 215 g/mol. The molecule has 0 atom stereocenters. The van der Waals surface area contributed by atoms with Gasteiger partial charge in [0.2, 0.25) is 11.3 Å². The molecule has 0 aliphatic heterocycles. The van der Waals surface area contributed by atoms with E-state index >= 15 is 0 Å². The van der Waals surface area contributed by atoms with Crippen LogP contribution < -0.4 is 16.9 Å². The van der Waals surface area contributed by atoms with Crippen molar-refractivity contribution in [3.05, 3.63) is 39.8 Å². The Hall–Kier alpha value is -2.37. The van der Waals surface area contributed by atoms with Crippen molar-refractivity contribution in [2.75, 3.05) is 5.73 Å². The highest BCUT2D eigenvalue weighted by molar-refractivity contribution is 5.99. The number of rotatable bonds is 1. The van der Waals surface area contributed by atoms with Crippen molar-refractivity contribution in [1.29, 1.82) is 0 Å². The summed E-state index contributed by atoms with van der Waals surface area (Å²) in [6, 6.07) is 3.34. The lowest BCUT2D eigenvalue weighted by Gasteiger charge is -2.02. The number of fused-ring (bicyclic) bond motifs is 1. The number of hydrogen-bond acceptors (Lipinski definition) is 4. The van der Waals surface area contributed by atoms with Crippen LogP contribution >= 0.6 is 0 Å². The fourth-order valence-electron chi connectivity index (χ4n) is 1.42. The molecule has 2 aromatic rings. The molecular formula is C10H7FN2O3. The van der Waals surface area contributed by atoms with Crippen LogP contribution in [0.1, 0.15) is 10.4 Å². The molecule has 0 spiro atoms. The van der Waals surface area contributed by atoms with Gasteiger partial charge in [-0.15, -0.1) is 0 Å². The molecule has 0 unspecified atom stereocenters. The van der Waals surface area contributed by atoms with E-state index in [1.165, 1.54) is 6.07 Å². The second kappa shape index (κ2) is 3.34.